The first-order chi connectivity index (χ1) is 8.18. The topological polar surface area (TPSA) is 50.9 Å². The van der Waals surface area contributed by atoms with Crippen molar-refractivity contribution < 1.29 is 0 Å². The average Bonchev–Trinajstić information content (AvgIpc) is 2.83. The molecule has 0 amide bonds. The summed E-state index contributed by atoms with van der Waals surface area (Å²) < 4.78 is 0. The van der Waals surface area contributed by atoms with Gasteiger partial charge >= 0.3 is 0 Å². The Balaban J connectivity index is 2.21. The van der Waals surface area contributed by atoms with Gasteiger partial charge in [-0.1, -0.05) is 18.3 Å². The Labute approximate surface area is 110 Å². The third kappa shape index (κ3) is 2.81. The van der Waals surface area contributed by atoms with Crippen molar-refractivity contribution in [2.24, 2.45) is 5.73 Å². The third-order valence-electron chi connectivity index (χ3n) is 2.43. The van der Waals surface area contributed by atoms with Crippen molar-refractivity contribution in [3.8, 4) is 0 Å². The van der Waals surface area contributed by atoms with Crippen LogP contribution in [-0.4, -0.2) is 9.97 Å². The van der Waals surface area contributed by atoms with E-state index >= 15 is 0 Å². The summed E-state index contributed by atoms with van der Waals surface area (Å²) in [6.45, 7) is 2.10. The lowest BCUT2D eigenvalue weighted by Crippen LogP contribution is -2.14. The van der Waals surface area contributed by atoms with Gasteiger partial charge in [0.25, 0.3) is 0 Å². The van der Waals surface area contributed by atoms with Crippen LogP contribution in [0.3, 0.4) is 0 Å². The fraction of sp³-hybridized carbons (Fsp3) is 0.167. The zero-order valence-corrected chi connectivity index (χ0v) is 11.0. The molecule has 0 bridgehead atoms. The van der Waals surface area contributed by atoms with E-state index in [1.165, 1.54) is 4.88 Å². The molecule has 0 aromatic carbocycles. The van der Waals surface area contributed by atoms with Gasteiger partial charge in [-0.15, -0.1) is 11.3 Å². The van der Waals surface area contributed by atoms with Gasteiger partial charge in [-0.3, -0.25) is 4.98 Å². The van der Waals surface area contributed by atoms with Crippen LogP contribution >= 0.6 is 23.6 Å². The second-order valence-electron chi connectivity index (χ2n) is 3.67. The van der Waals surface area contributed by atoms with Crippen molar-refractivity contribution in [2.75, 3.05) is 5.32 Å². The van der Waals surface area contributed by atoms with Gasteiger partial charge in [0.05, 0.1) is 17.9 Å². The lowest BCUT2D eigenvalue weighted by atomic mass is 10.2. The highest BCUT2D eigenvalue weighted by Gasteiger charge is 2.10. The van der Waals surface area contributed by atoms with Gasteiger partial charge in [0.2, 0.25) is 0 Å². The molecule has 0 aliphatic heterocycles. The summed E-state index contributed by atoms with van der Waals surface area (Å²) in [4.78, 5) is 5.74. The molecule has 88 valence electrons. The molecule has 0 saturated carbocycles. The lowest BCUT2D eigenvalue weighted by Gasteiger charge is -2.16. The molecule has 1 atom stereocenters. The number of thiophene rings is 1. The normalized spacial score (nSPS) is 12.1. The average molecular weight is 263 g/mol. The maximum atomic E-state index is 5.68. The molecule has 5 heteroatoms. The van der Waals surface area contributed by atoms with E-state index in [-0.39, 0.29) is 6.04 Å². The Morgan fingerprint density at radius 3 is 3.00 bits per heavy atom. The van der Waals surface area contributed by atoms with E-state index in [1.807, 2.05) is 12.1 Å². The molecule has 2 heterocycles. The number of pyridine rings is 1. The van der Waals surface area contributed by atoms with Crippen molar-refractivity contribution in [1.29, 1.82) is 0 Å². The van der Waals surface area contributed by atoms with Crippen LogP contribution in [0.5, 0.6) is 0 Å². The molecular weight excluding hydrogens is 250 g/mol. The monoisotopic (exact) mass is 263 g/mol. The van der Waals surface area contributed by atoms with Crippen molar-refractivity contribution in [1.82, 2.24) is 4.98 Å². The third-order valence-corrected chi connectivity index (χ3v) is 3.70. The molecule has 0 aliphatic rings. The Hall–Kier alpha value is -1.46. The minimum Gasteiger partial charge on any atom is -0.389 e. The highest BCUT2D eigenvalue weighted by molar-refractivity contribution is 7.80. The summed E-state index contributed by atoms with van der Waals surface area (Å²) in [6, 6.07) is 6.17. The van der Waals surface area contributed by atoms with E-state index in [1.54, 1.807) is 23.7 Å². The minimum atomic E-state index is 0.215. The Kier molecular flexibility index (Phi) is 3.71. The van der Waals surface area contributed by atoms with E-state index in [0.717, 1.165) is 11.3 Å². The molecule has 17 heavy (non-hydrogen) atoms. The molecule has 3 nitrogen and oxygen atoms in total. The van der Waals surface area contributed by atoms with Crippen LogP contribution in [-0.2, 0) is 0 Å². The van der Waals surface area contributed by atoms with Crippen molar-refractivity contribution in [3.63, 3.8) is 0 Å². The van der Waals surface area contributed by atoms with E-state index in [2.05, 4.69) is 28.7 Å². The molecule has 0 fully saturated rings. The minimum absolute atomic E-state index is 0.215. The van der Waals surface area contributed by atoms with E-state index in [9.17, 15) is 0 Å². The number of nitrogens with zero attached hydrogens (tertiary/aromatic N) is 1. The molecular formula is C12H13N3S2. The number of hydrogen-bond donors (Lipinski definition) is 2. The second kappa shape index (κ2) is 5.25. The fourth-order valence-corrected chi connectivity index (χ4v) is 2.48. The number of nitrogens with two attached hydrogens (primary N) is 1. The van der Waals surface area contributed by atoms with Crippen LogP contribution in [0.2, 0.25) is 0 Å². The van der Waals surface area contributed by atoms with Gasteiger partial charge in [0.15, 0.2) is 0 Å². The van der Waals surface area contributed by atoms with E-state index in [0.29, 0.717) is 4.99 Å². The maximum absolute atomic E-state index is 5.68. The standard InChI is InChI=1S/C12H13N3S2/c1-8(11-3-2-6-17-11)15-10-7-14-5-4-9(10)12(13)16/h2-8,15H,1H3,(H2,13,16). The van der Waals surface area contributed by atoms with Gasteiger partial charge in [0.1, 0.15) is 4.99 Å². The molecule has 0 radical (unpaired) electrons. The summed E-state index contributed by atoms with van der Waals surface area (Å²) in [5, 5.41) is 5.44. The fourth-order valence-electron chi connectivity index (χ4n) is 1.57. The first kappa shape index (κ1) is 12.0. The first-order valence-corrected chi connectivity index (χ1v) is 6.51. The summed E-state index contributed by atoms with van der Waals surface area (Å²) in [6.07, 6.45) is 3.44. The van der Waals surface area contributed by atoms with Gasteiger partial charge in [-0.05, 0) is 24.4 Å². The molecule has 0 spiro atoms. The van der Waals surface area contributed by atoms with Crippen molar-refractivity contribution >= 4 is 34.2 Å². The van der Waals surface area contributed by atoms with Crippen LogP contribution in [0.15, 0.2) is 36.0 Å². The molecule has 1 unspecified atom stereocenters. The Bertz CT molecular complexity index is 508. The number of thiocarbonyl (C=S) groups is 1. The molecule has 2 aromatic rings. The number of nitrogens with one attached hydrogen (secondary N) is 1. The molecule has 2 aromatic heterocycles. The lowest BCUT2D eigenvalue weighted by molar-refractivity contribution is 0.905. The molecule has 0 aliphatic carbocycles. The predicted molar refractivity (Wildman–Crippen MR) is 76.5 cm³/mol. The largest absolute Gasteiger partial charge is 0.389 e. The van der Waals surface area contributed by atoms with Crippen molar-refractivity contribution in [2.45, 2.75) is 13.0 Å². The van der Waals surface area contributed by atoms with Crippen molar-refractivity contribution in [3.05, 3.63) is 46.4 Å². The van der Waals surface area contributed by atoms with Gasteiger partial charge in [0, 0.05) is 16.6 Å². The number of rotatable bonds is 4. The van der Waals surface area contributed by atoms with Crippen LogP contribution in [0.25, 0.3) is 0 Å². The van der Waals surface area contributed by atoms with Crippen LogP contribution in [0.1, 0.15) is 23.4 Å². The number of aromatic nitrogens is 1. The SMILES string of the molecule is CC(Nc1cnccc1C(N)=S)c1cccs1. The summed E-state index contributed by atoms with van der Waals surface area (Å²) >= 11 is 6.73. The summed E-state index contributed by atoms with van der Waals surface area (Å²) in [7, 11) is 0. The van der Waals surface area contributed by atoms with E-state index in [4.69, 9.17) is 18.0 Å². The maximum Gasteiger partial charge on any atom is 0.106 e. The summed E-state index contributed by atoms with van der Waals surface area (Å²) in [5.74, 6) is 0. The molecule has 2 rings (SSSR count). The van der Waals surface area contributed by atoms with Crippen LogP contribution < -0.4 is 11.1 Å². The van der Waals surface area contributed by atoms with Gasteiger partial charge < -0.3 is 11.1 Å². The smallest absolute Gasteiger partial charge is 0.106 e. The van der Waals surface area contributed by atoms with Gasteiger partial charge in [-0.25, -0.2) is 0 Å². The zero-order chi connectivity index (χ0) is 12.3. The second-order valence-corrected chi connectivity index (χ2v) is 5.09. The highest BCUT2D eigenvalue weighted by atomic mass is 32.1. The molecule has 0 saturated heterocycles. The van der Waals surface area contributed by atoms with Gasteiger partial charge in [-0.2, -0.15) is 0 Å². The van der Waals surface area contributed by atoms with Crippen LogP contribution in [0, 0.1) is 0 Å². The first-order valence-electron chi connectivity index (χ1n) is 5.22. The Morgan fingerprint density at radius 1 is 1.53 bits per heavy atom. The molecule has 3 N–H and O–H groups in total. The number of anilines is 1. The number of hydrogen-bond acceptors (Lipinski definition) is 4. The highest BCUT2D eigenvalue weighted by Crippen LogP contribution is 2.24. The Morgan fingerprint density at radius 2 is 2.35 bits per heavy atom. The predicted octanol–water partition coefficient (Wildman–Crippen LogP) is 2.95. The quantitative estimate of drug-likeness (QED) is 0.833. The van der Waals surface area contributed by atoms with Crippen LogP contribution in [0.4, 0.5) is 5.69 Å². The van der Waals surface area contributed by atoms with E-state index < -0.39 is 0 Å². The summed E-state index contributed by atoms with van der Waals surface area (Å²) in [5.41, 5.74) is 7.38. The zero-order valence-electron chi connectivity index (χ0n) is 9.38.